The van der Waals surface area contributed by atoms with Crippen molar-refractivity contribution in [1.82, 2.24) is 20.4 Å². The Bertz CT molecular complexity index is 311. The molecule has 0 heterocycles. The topological polar surface area (TPSA) is 107 Å². The monoisotopic (exact) mass is 488 g/mol. The Morgan fingerprint density at radius 3 is 1.18 bits per heavy atom. The number of rotatable bonds is 10. The second kappa shape index (κ2) is 31.3. The molecule has 0 fully saturated rings. The normalized spacial score (nSPS) is 10.4. The summed E-state index contributed by atoms with van der Waals surface area (Å²) in [6.45, 7) is 9.40. The van der Waals surface area contributed by atoms with Gasteiger partial charge in [0.15, 0.2) is 11.9 Å². The zero-order valence-electron chi connectivity index (χ0n) is 18.2. The van der Waals surface area contributed by atoms with Crippen molar-refractivity contribution < 1.29 is 0 Å². The molecule has 0 aromatic carbocycles. The maximum atomic E-state index is 5.53. The van der Waals surface area contributed by atoms with Gasteiger partial charge in [-0.2, -0.15) is 0 Å². The fourth-order valence-electron chi connectivity index (χ4n) is 1.65. The number of nitrogens with two attached hydrogens (primary N) is 2. The molecule has 0 saturated heterocycles. The van der Waals surface area contributed by atoms with Crippen LogP contribution < -0.4 is 22.1 Å². The molecular weight excluding hydrogens is 446 g/mol. The van der Waals surface area contributed by atoms with E-state index in [1.54, 1.807) is 0 Å². The number of nitrogens with zero attached hydrogens (tertiary/aromatic N) is 4. The lowest BCUT2D eigenvalue weighted by molar-refractivity contribution is 0.403. The predicted molar refractivity (Wildman–Crippen MR) is 136 cm³/mol. The zero-order chi connectivity index (χ0) is 18.8. The van der Waals surface area contributed by atoms with E-state index in [-0.39, 0.29) is 49.6 Å². The molecule has 8 nitrogen and oxygen atoms in total. The van der Waals surface area contributed by atoms with Crippen molar-refractivity contribution >= 4 is 61.5 Å². The van der Waals surface area contributed by atoms with Crippen molar-refractivity contribution in [3.63, 3.8) is 0 Å². The molecule has 0 aromatic rings. The van der Waals surface area contributed by atoms with Crippen LogP contribution in [-0.4, -0.2) is 89.2 Å². The maximum absolute atomic E-state index is 5.53. The third-order valence-electron chi connectivity index (χ3n) is 2.81. The first-order valence-corrected chi connectivity index (χ1v) is 8.70. The smallest absolute Gasteiger partial charge is 0.188 e. The van der Waals surface area contributed by atoms with Crippen LogP contribution in [0.2, 0.25) is 0 Å². The van der Waals surface area contributed by atoms with Crippen LogP contribution in [0, 0.1) is 0 Å². The van der Waals surface area contributed by atoms with Crippen molar-refractivity contribution in [1.29, 1.82) is 0 Å². The number of nitrogens with one attached hydrogen (secondary N) is 2. The lowest BCUT2D eigenvalue weighted by Crippen LogP contribution is -2.31. The summed E-state index contributed by atoms with van der Waals surface area (Å²) in [7, 11) is 8.21. The van der Waals surface area contributed by atoms with E-state index in [0.29, 0.717) is 11.9 Å². The van der Waals surface area contributed by atoms with Gasteiger partial charge in [0.2, 0.25) is 0 Å². The van der Waals surface area contributed by atoms with Crippen LogP contribution >= 0.6 is 49.6 Å². The van der Waals surface area contributed by atoms with Crippen LogP contribution in [0.15, 0.2) is 9.98 Å². The Kier molecular flexibility index (Phi) is 46.8. The van der Waals surface area contributed by atoms with Gasteiger partial charge in [-0.25, -0.2) is 0 Å². The van der Waals surface area contributed by atoms with E-state index in [1.165, 1.54) is 0 Å². The molecule has 0 aliphatic rings. The average molecular weight is 490 g/mol. The highest BCUT2D eigenvalue weighted by molar-refractivity contribution is 5.86. The summed E-state index contributed by atoms with van der Waals surface area (Å²) in [6, 6.07) is 0. The minimum absolute atomic E-state index is 0. The van der Waals surface area contributed by atoms with E-state index < -0.39 is 0 Å². The van der Waals surface area contributed by atoms with E-state index in [0.717, 1.165) is 52.1 Å². The van der Waals surface area contributed by atoms with Gasteiger partial charge in [0.05, 0.1) is 0 Å². The fourth-order valence-corrected chi connectivity index (χ4v) is 1.65. The minimum atomic E-state index is 0. The van der Waals surface area contributed by atoms with Crippen molar-refractivity contribution in [3.8, 4) is 0 Å². The third-order valence-corrected chi connectivity index (χ3v) is 2.81. The van der Waals surface area contributed by atoms with Crippen LogP contribution in [0.5, 0.6) is 0 Å². The number of guanidine groups is 2. The van der Waals surface area contributed by atoms with Crippen LogP contribution in [0.3, 0.4) is 0 Å². The molecule has 0 atom stereocenters. The Labute approximate surface area is 197 Å². The molecule has 0 aliphatic heterocycles. The highest BCUT2D eigenvalue weighted by Crippen LogP contribution is 1.84. The largest absolute Gasteiger partial charge is 0.370 e. The summed E-state index contributed by atoms with van der Waals surface area (Å²) in [5, 5.41) is 5.90. The first kappa shape index (κ1) is 41.9. The molecule has 0 aliphatic carbocycles. The Balaban J connectivity index is -0.0000000756. The lowest BCUT2D eigenvalue weighted by Gasteiger charge is -2.07. The van der Waals surface area contributed by atoms with E-state index in [2.05, 4.69) is 58.6 Å². The molecule has 0 spiro atoms. The first-order valence-electron chi connectivity index (χ1n) is 8.70. The number of hydrogen-bond acceptors (Lipinski definition) is 4. The fraction of sp³-hybridized carbons (Fsp3) is 0.875. The van der Waals surface area contributed by atoms with Gasteiger partial charge in [-0.15, -0.1) is 49.6 Å². The van der Waals surface area contributed by atoms with Crippen molar-refractivity contribution in [2.45, 2.75) is 26.7 Å². The molecule has 0 rings (SSSR count). The summed E-state index contributed by atoms with van der Waals surface area (Å²) < 4.78 is 0. The van der Waals surface area contributed by atoms with Gasteiger partial charge in [0, 0.05) is 26.2 Å². The molecule has 0 bridgehead atoms. The lowest BCUT2D eigenvalue weighted by atomic mass is 10.4. The molecule has 12 heteroatoms. The summed E-state index contributed by atoms with van der Waals surface area (Å²) in [5.74, 6) is 1.10. The SMILES string of the molecule is CCNC(N)=NCCCN(C)C.CCNC(N)=NCCCN(C)C.Cl.Cl.Cl.Cl. The van der Waals surface area contributed by atoms with Gasteiger partial charge >= 0.3 is 0 Å². The maximum Gasteiger partial charge on any atom is 0.188 e. The molecule has 0 saturated carbocycles. The molecule has 0 aromatic heterocycles. The quantitative estimate of drug-likeness (QED) is 0.210. The summed E-state index contributed by atoms with van der Waals surface area (Å²) in [5.41, 5.74) is 11.1. The molecule has 6 N–H and O–H groups in total. The molecular formula is C16H44Cl4N8. The Morgan fingerprint density at radius 2 is 0.964 bits per heavy atom. The Hall–Kier alpha value is -0.380. The van der Waals surface area contributed by atoms with Crippen LogP contribution in [0.4, 0.5) is 0 Å². The van der Waals surface area contributed by atoms with Crippen LogP contribution in [0.25, 0.3) is 0 Å². The summed E-state index contributed by atoms with van der Waals surface area (Å²) in [6.07, 6.45) is 2.11. The second-order valence-electron chi connectivity index (χ2n) is 5.91. The number of halogens is 4. The predicted octanol–water partition coefficient (Wildman–Crippen LogP) is 1.41. The van der Waals surface area contributed by atoms with Gasteiger partial charge in [-0.3, -0.25) is 9.98 Å². The summed E-state index contributed by atoms with van der Waals surface area (Å²) in [4.78, 5) is 12.6. The highest BCUT2D eigenvalue weighted by atomic mass is 35.5. The van der Waals surface area contributed by atoms with Gasteiger partial charge < -0.3 is 31.9 Å². The highest BCUT2D eigenvalue weighted by Gasteiger charge is 1.91. The molecule has 0 amide bonds. The standard InChI is InChI=1S/2C8H20N4.4ClH/c2*1-4-10-8(9)11-6-5-7-12(2)3;;;;/h2*4-7H2,1-3H3,(H3,9,10,11);4*1H. The van der Waals surface area contributed by atoms with E-state index in [4.69, 9.17) is 11.5 Å². The first-order chi connectivity index (χ1) is 11.3. The minimum Gasteiger partial charge on any atom is -0.370 e. The number of hydrogen-bond donors (Lipinski definition) is 4. The van der Waals surface area contributed by atoms with E-state index in [1.807, 2.05) is 13.8 Å². The third kappa shape index (κ3) is 40.3. The van der Waals surface area contributed by atoms with Crippen LogP contribution in [0.1, 0.15) is 26.7 Å². The van der Waals surface area contributed by atoms with E-state index in [9.17, 15) is 0 Å². The molecule has 176 valence electrons. The van der Waals surface area contributed by atoms with Gasteiger partial charge in [-0.1, -0.05) is 0 Å². The average Bonchev–Trinajstić information content (AvgIpc) is 2.49. The summed E-state index contributed by atoms with van der Waals surface area (Å²) >= 11 is 0. The second-order valence-corrected chi connectivity index (χ2v) is 5.91. The van der Waals surface area contributed by atoms with Crippen molar-refractivity contribution in [3.05, 3.63) is 0 Å². The van der Waals surface area contributed by atoms with Gasteiger partial charge in [-0.05, 0) is 68.0 Å². The van der Waals surface area contributed by atoms with Gasteiger partial charge in [0.25, 0.3) is 0 Å². The van der Waals surface area contributed by atoms with Crippen molar-refractivity contribution in [2.75, 3.05) is 67.5 Å². The molecule has 28 heavy (non-hydrogen) atoms. The van der Waals surface area contributed by atoms with E-state index >= 15 is 0 Å². The van der Waals surface area contributed by atoms with Gasteiger partial charge in [0.1, 0.15) is 0 Å². The van der Waals surface area contributed by atoms with Crippen LogP contribution in [-0.2, 0) is 0 Å². The Morgan fingerprint density at radius 1 is 0.679 bits per heavy atom. The molecule has 0 radical (unpaired) electrons. The molecule has 0 unspecified atom stereocenters. The zero-order valence-corrected chi connectivity index (χ0v) is 21.5. The number of aliphatic imine (C=N–C) groups is 2. The van der Waals surface area contributed by atoms with Crippen molar-refractivity contribution in [2.24, 2.45) is 21.5 Å².